The summed E-state index contributed by atoms with van der Waals surface area (Å²) in [5.41, 5.74) is 1.67. The minimum Gasteiger partial charge on any atom is -0.396 e. The van der Waals surface area contributed by atoms with E-state index in [0.29, 0.717) is 22.8 Å². The summed E-state index contributed by atoms with van der Waals surface area (Å²) in [7, 11) is 1.77. The number of hydrogen-bond acceptors (Lipinski definition) is 7. The van der Waals surface area contributed by atoms with Crippen molar-refractivity contribution in [3.05, 3.63) is 29.4 Å². The minimum absolute atomic E-state index is 0.231. The molecular weight excluding hydrogens is 370 g/mol. The molecule has 3 aromatic rings. The van der Waals surface area contributed by atoms with E-state index in [1.54, 1.807) is 18.4 Å². The Bertz CT molecular complexity index is 898. The molecule has 2 aromatic heterocycles. The Kier molecular flexibility index (Phi) is 4.93. The van der Waals surface area contributed by atoms with Crippen LogP contribution < -0.4 is 10.6 Å². The number of aliphatic hydroxyl groups is 1. The Morgan fingerprint density at radius 2 is 2.08 bits per heavy atom. The van der Waals surface area contributed by atoms with E-state index in [1.807, 2.05) is 24.3 Å². The molecule has 4 rings (SSSR count). The highest BCUT2D eigenvalue weighted by Gasteiger charge is 2.27. The number of anilines is 2. The SMILES string of the molecule is CNc1nc(Cl)c(-c2nc3ccccc3s2)c(N[C@H]2CC[C@@H](CO)C2)n1. The third-order valence-electron chi connectivity index (χ3n) is 4.74. The van der Waals surface area contributed by atoms with Crippen LogP contribution in [0.2, 0.25) is 5.15 Å². The lowest BCUT2D eigenvalue weighted by molar-refractivity contribution is 0.229. The first-order valence-electron chi connectivity index (χ1n) is 8.66. The molecule has 3 N–H and O–H groups in total. The average molecular weight is 390 g/mol. The fourth-order valence-electron chi connectivity index (χ4n) is 3.38. The molecule has 0 saturated heterocycles. The zero-order valence-electron chi connectivity index (χ0n) is 14.4. The first-order valence-corrected chi connectivity index (χ1v) is 9.86. The molecular formula is C18H20ClN5OS. The normalized spacial score (nSPS) is 19.8. The number of halogens is 1. The van der Waals surface area contributed by atoms with Crippen LogP contribution in [0.25, 0.3) is 20.8 Å². The smallest absolute Gasteiger partial charge is 0.225 e. The minimum atomic E-state index is 0.231. The molecule has 1 aliphatic rings. The lowest BCUT2D eigenvalue weighted by Crippen LogP contribution is -2.18. The summed E-state index contributed by atoms with van der Waals surface area (Å²) in [6.45, 7) is 0.231. The van der Waals surface area contributed by atoms with Gasteiger partial charge >= 0.3 is 0 Å². The third kappa shape index (κ3) is 3.34. The van der Waals surface area contributed by atoms with E-state index in [9.17, 15) is 5.11 Å². The molecule has 0 radical (unpaired) electrons. The summed E-state index contributed by atoms with van der Waals surface area (Å²) in [6.07, 6.45) is 2.94. The van der Waals surface area contributed by atoms with Crippen LogP contribution in [0.5, 0.6) is 0 Å². The van der Waals surface area contributed by atoms with Crippen LogP contribution >= 0.6 is 22.9 Å². The molecule has 2 atom stereocenters. The van der Waals surface area contributed by atoms with E-state index in [1.165, 1.54) is 0 Å². The van der Waals surface area contributed by atoms with Gasteiger partial charge in [0.05, 0.1) is 15.8 Å². The average Bonchev–Trinajstić information content (AvgIpc) is 3.27. The van der Waals surface area contributed by atoms with Crippen molar-refractivity contribution in [2.45, 2.75) is 25.3 Å². The summed E-state index contributed by atoms with van der Waals surface area (Å²) >= 11 is 8.09. The van der Waals surface area contributed by atoms with Gasteiger partial charge in [-0.3, -0.25) is 0 Å². The van der Waals surface area contributed by atoms with Crippen LogP contribution in [0.3, 0.4) is 0 Å². The van der Waals surface area contributed by atoms with Gasteiger partial charge in [-0.25, -0.2) is 9.97 Å². The first-order chi connectivity index (χ1) is 12.7. The number of benzene rings is 1. The van der Waals surface area contributed by atoms with Crippen molar-refractivity contribution in [2.24, 2.45) is 5.92 Å². The van der Waals surface area contributed by atoms with Crippen LogP contribution in [0.1, 0.15) is 19.3 Å². The zero-order valence-corrected chi connectivity index (χ0v) is 15.9. The van der Waals surface area contributed by atoms with Gasteiger partial charge in [-0.15, -0.1) is 11.3 Å². The van der Waals surface area contributed by atoms with Gasteiger partial charge in [0.2, 0.25) is 5.95 Å². The Morgan fingerprint density at radius 3 is 2.81 bits per heavy atom. The molecule has 1 aromatic carbocycles. The fourth-order valence-corrected chi connectivity index (χ4v) is 4.71. The Labute approximate surface area is 160 Å². The Balaban J connectivity index is 1.75. The molecule has 0 unspecified atom stereocenters. The second kappa shape index (κ2) is 7.34. The highest BCUT2D eigenvalue weighted by Crippen LogP contribution is 2.39. The lowest BCUT2D eigenvalue weighted by atomic mass is 10.1. The van der Waals surface area contributed by atoms with E-state index in [4.69, 9.17) is 16.6 Å². The molecule has 0 spiro atoms. The van der Waals surface area contributed by atoms with E-state index in [-0.39, 0.29) is 12.6 Å². The van der Waals surface area contributed by atoms with Gasteiger partial charge in [0.1, 0.15) is 16.0 Å². The van der Waals surface area contributed by atoms with Crippen LogP contribution in [-0.2, 0) is 0 Å². The standard InChI is InChI=1S/C18H20ClN5OS/c1-20-18-23-15(19)14(17-22-12-4-2-3-5-13(12)26-17)16(24-18)21-11-7-6-10(8-11)9-25/h2-5,10-11,25H,6-9H2,1H3,(H2,20,21,23,24)/t10-,11+/m1/s1. The summed E-state index contributed by atoms with van der Waals surface area (Å²) in [5, 5.41) is 17.0. The molecule has 0 aliphatic heterocycles. The van der Waals surface area contributed by atoms with Crippen LogP contribution in [-0.4, -0.2) is 39.8 Å². The number of fused-ring (bicyclic) bond motifs is 1. The number of para-hydroxylation sites is 1. The summed E-state index contributed by atoms with van der Waals surface area (Å²) in [6, 6.07) is 8.27. The maximum atomic E-state index is 9.40. The maximum absolute atomic E-state index is 9.40. The third-order valence-corrected chi connectivity index (χ3v) is 6.06. The molecule has 1 fully saturated rings. The predicted molar refractivity (Wildman–Crippen MR) is 107 cm³/mol. The number of rotatable bonds is 5. The number of aromatic nitrogens is 3. The second-order valence-corrected chi connectivity index (χ2v) is 7.89. The van der Waals surface area contributed by atoms with E-state index >= 15 is 0 Å². The summed E-state index contributed by atoms with van der Waals surface area (Å²) in [4.78, 5) is 13.7. The number of aliphatic hydroxyl groups excluding tert-OH is 1. The van der Waals surface area contributed by atoms with Gasteiger partial charge < -0.3 is 15.7 Å². The number of nitrogens with zero attached hydrogens (tertiary/aromatic N) is 3. The van der Waals surface area contributed by atoms with Crippen molar-refractivity contribution < 1.29 is 5.11 Å². The van der Waals surface area contributed by atoms with Gasteiger partial charge in [-0.2, -0.15) is 4.98 Å². The Morgan fingerprint density at radius 1 is 1.23 bits per heavy atom. The summed E-state index contributed by atoms with van der Waals surface area (Å²) in [5.74, 6) is 1.51. The molecule has 26 heavy (non-hydrogen) atoms. The van der Waals surface area contributed by atoms with Crippen molar-refractivity contribution in [2.75, 3.05) is 24.3 Å². The monoisotopic (exact) mass is 389 g/mol. The van der Waals surface area contributed by atoms with Crippen molar-refractivity contribution in [1.82, 2.24) is 15.0 Å². The topological polar surface area (TPSA) is 83.0 Å². The molecule has 1 saturated carbocycles. The Hall–Kier alpha value is -1.96. The number of hydrogen-bond donors (Lipinski definition) is 3. The van der Waals surface area contributed by atoms with Gasteiger partial charge in [0.15, 0.2) is 0 Å². The number of nitrogens with one attached hydrogen (secondary N) is 2. The predicted octanol–water partition coefficient (Wildman–Crippen LogP) is 4.02. The van der Waals surface area contributed by atoms with Crippen molar-refractivity contribution in [3.8, 4) is 10.6 Å². The molecule has 0 amide bonds. The molecule has 2 heterocycles. The second-order valence-electron chi connectivity index (χ2n) is 6.50. The van der Waals surface area contributed by atoms with E-state index in [2.05, 4.69) is 20.6 Å². The molecule has 0 bridgehead atoms. The number of thiazole rings is 1. The quantitative estimate of drug-likeness (QED) is 0.571. The van der Waals surface area contributed by atoms with Crippen molar-refractivity contribution >= 4 is 44.9 Å². The van der Waals surface area contributed by atoms with E-state index < -0.39 is 0 Å². The van der Waals surface area contributed by atoms with Crippen LogP contribution in [0.15, 0.2) is 24.3 Å². The fraction of sp³-hybridized carbons (Fsp3) is 0.389. The first kappa shape index (κ1) is 17.5. The van der Waals surface area contributed by atoms with Gasteiger partial charge in [0, 0.05) is 19.7 Å². The van der Waals surface area contributed by atoms with E-state index in [0.717, 1.165) is 40.1 Å². The molecule has 8 heteroatoms. The van der Waals surface area contributed by atoms with Gasteiger partial charge in [0.25, 0.3) is 0 Å². The zero-order chi connectivity index (χ0) is 18.1. The van der Waals surface area contributed by atoms with Gasteiger partial charge in [-0.05, 0) is 37.3 Å². The lowest BCUT2D eigenvalue weighted by Gasteiger charge is -2.17. The maximum Gasteiger partial charge on any atom is 0.225 e. The van der Waals surface area contributed by atoms with Crippen molar-refractivity contribution in [3.63, 3.8) is 0 Å². The molecule has 1 aliphatic carbocycles. The largest absolute Gasteiger partial charge is 0.396 e. The highest BCUT2D eigenvalue weighted by atomic mass is 35.5. The van der Waals surface area contributed by atoms with Crippen LogP contribution in [0.4, 0.5) is 11.8 Å². The summed E-state index contributed by atoms with van der Waals surface area (Å²) < 4.78 is 1.10. The van der Waals surface area contributed by atoms with Crippen LogP contribution in [0, 0.1) is 5.92 Å². The van der Waals surface area contributed by atoms with Gasteiger partial charge in [-0.1, -0.05) is 23.7 Å². The molecule has 136 valence electrons. The molecule has 6 nitrogen and oxygen atoms in total. The van der Waals surface area contributed by atoms with Crippen molar-refractivity contribution in [1.29, 1.82) is 0 Å². The highest BCUT2D eigenvalue weighted by molar-refractivity contribution is 7.21.